The molecule has 0 spiro atoms. The number of nitrogens with zero attached hydrogens (tertiary/aromatic N) is 1. The van der Waals surface area contributed by atoms with Crippen LogP contribution >= 0.6 is 23.2 Å². The van der Waals surface area contributed by atoms with Crippen LogP contribution in [-0.2, 0) is 4.79 Å². The van der Waals surface area contributed by atoms with Gasteiger partial charge in [-0.05, 0) is 49.4 Å². The van der Waals surface area contributed by atoms with Gasteiger partial charge >= 0.3 is 0 Å². The Morgan fingerprint density at radius 2 is 1.70 bits per heavy atom. The number of likely N-dealkylation sites (N-methyl/N-ethyl adjacent to an activating group) is 1. The molecule has 3 aromatic rings. The van der Waals surface area contributed by atoms with E-state index in [2.05, 4.69) is 5.32 Å². The number of benzene rings is 2. The van der Waals surface area contributed by atoms with Crippen LogP contribution in [-0.4, -0.2) is 30.8 Å². The third-order valence-electron chi connectivity index (χ3n) is 4.31. The molecule has 1 heterocycles. The van der Waals surface area contributed by atoms with Crippen LogP contribution in [0.1, 0.15) is 21.7 Å². The highest BCUT2D eigenvalue weighted by atomic mass is 35.5. The Morgan fingerprint density at radius 3 is 2.33 bits per heavy atom. The molecular weight excluding hydrogens is 423 g/mol. The number of furan rings is 1. The zero-order chi connectivity index (χ0) is 21.8. The van der Waals surface area contributed by atoms with E-state index in [-0.39, 0.29) is 17.5 Å². The summed E-state index contributed by atoms with van der Waals surface area (Å²) in [5, 5.41) is 3.65. The molecule has 2 aromatic carbocycles. The molecule has 2 amide bonds. The molecule has 0 unspecified atom stereocenters. The van der Waals surface area contributed by atoms with Crippen LogP contribution < -0.4 is 5.32 Å². The number of hydrogen-bond donors (Lipinski definition) is 1. The first-order chi connectivity index (χ1) is 14.2. The van der Waals surface area contributed by atoms with Crippen molar-refractivity contribution in [2.45, 2.75) is 6.92 Å². The number of aryl methyl sites for hydroxylation is 1. The Labute approximate surface area is 184 Å². The fourth-order valence-electron chi connectivity index (χ4n) is 2.70. The number of carbonyl (C=O) groups excluding carboxylic acids is 2. The molecule has 7 heteroatoms. The van der Waals surface area contributed by atoms with Gasteiger partial charge in [0.25, 0.3) is 11.8 Å². The molecule has 0 atom stereocenters. The van der Waals surface area contributed by atoms with Gasteiger partial charge in [-0.1, -0.05) is 40.9 Å². The van der Waals surface area contributed by atoms with E-state index in [1.807, 2.05) is 19.1 Å². The van der Waals surface area contributed by atoms with Crippen molar-refractivity contribution in [1.82, 2.24) is 10.2 Å². The summed E-state index contributed by atoms with van der Waals surface area (Å²) in [7, 11) is 3.21. The largest absolute Gasteiger partial charge is 0.457 e. The lowest BCUT2D eigenvalue weighted by molar-refractivity contribution is -0.124. The number of nitrogens with one attached hydrogen (secondary N) is 1. The van der Waals surface area contributed by atoms with Crippen molar-refractivity contribution in [1.29, 1.82) is 0 Å². The van der Waals surface area contributed by atoms with Crippen molar-refractivity contribution in [3.05, 3.63) is 87.2 Å². The first-order valence-corrected chi connectivity index (χ1v) is 9.87. The second-order valence-corrected chi connectivity index (χ2v) is 7.75. The number of rotatable bonds is 5. The lowest BCUT2D eigenvalue weighted by Gasteiger charge is -2.14. The monoisotopic (exact) mass is 442 g/mol. The van der Waals surface area contributed by atoms with E-state index in [0.717, 1.165) is 5.56 Å². The molecule has 0 bridgehead atoms. The van der Waals surface area contributed by atoms with Gasteiger partial charge in [-0.2, -0.15) is 0 Å². The van der Waals surface area contributed by atoms with E-state index in [0.29, 0.717) is 32.7 Å². The maximum absolute atomic E-state index is 12.6. The molecule has 0 saturated heterocycles. The molecule has 0 aliphatic heterocycles. The van der Waals surface area contributed by atoms with Crippen LogP contribution in [0.25, 0.3) is 17.4 Å². The molecule has 1 aromatic heterocycles. The molecule has 1 N–H and O–H groups in total. The van der Waals surface area contributed by atoms with Gasteiger partial charge in [0, 0.05) is 36.3 Å². The Bertz CT molecular complexity index is 1120. The highest BCUT2D eigenvalue weighted by molar-refractivity contribution is 6.36. The maximum atomic E-state index is 12.6. The lowest BCUT2D eigenvalue weighted by Crippen LogP contribution is -2.34. The van der Waals surface area contributed by atoms with Crippen LogP contribution in [0.4, 0.5) is 0 Å². The van der Waals surface area contributed by atoms with Gasteiger partial charge in [0.15, 0.2) is 0 Å². The fourth-order valence-corrected chi connectivity index (χ4v) is 3.20. The van der Waals surface area contributed by atoms with Gasteiger partial charge in [0.2, 0.25) is 0 Å². The van der Waals surface area contributed by atoms with Crippen LogP contribution in [0.3, 0.4) is 0 Å². The van der Waals surface area contributed by atoms with E-state index in [1.54, 1.807) is 56.6 Å². The summed E-state index contributed by atoms with van der Waals surface area (Å²) in [5.41, 5.74) is 2.25. The Balaban J connectivity index is 1.90. The average molecular weight is 443 g/mol. The smallest absolute Gasteiger partial charge is 0.269 e. The minimum absolute atomic E-state index is 0.0914. The Hall–Kier alpha value is -3.02. The van der Waals surface area contributed by atoms with Crippen LogP contribution in [0, 0.1) is 6.92 Å². The molecule has 3 rings (SSSR count). The van der Waals surface area contributed by atoms with Crippen molar-refractivity contribution in [3.63, 3.8) is 0 Å². The van der Waals surface area contributed by atoms with Crippen LogP contribution in [0.15, 0.2) is 64.7 Å². The number of halogens is 2. The van der Waals surface area contributed by atoms with Gasteiger partial charge in [0.05, 0.1) is 5.02 Å². The average Bonchev–Trinajstić information content (AvgIpc) is 3.15. The summed E-state index contributed by atoms with van der Waals surface area (Å²) >= 11 is 12.2. The number of amides is 2. The summed E-state index contributed by atoms with van der Waals surface area (Å²) in [5.74, 6) is 0.164. The molecule has 0 radical (unpaired) electrons. The zero-order valence-electron chi connectivity index (χ0n) is 16.7. The third kappa shape index (κ3) is 5.12. The Kier molecular flexibility index (Phi) is 6.65. The second kappa shape index (κ2) is 9.20. The quantitative estimate of drug-likeness (QED) is 0.536. The predicted octanol–water partition coefficient (Wildman–Crippen LogP) is 5.42. The SMILES string of the molecule is Cc1ccc(C(=O)N/C(=C\c2ccc(-c3ccc(Cl)cc3Cl)o2)C(=O)N(C)C)cc1. The zero-order valence-corrected chi connectivity index (χ0v) is 18.2. The summed E-state index contributed by atoms with van der Waals surface area (Å²) in [6.07, 6.45) is 1.49. The lowest BCUT2D eigenvalue weighted by atomic mass is 10.1. The second-order valence-electron chi connectivity index (χ2n) is 6.90. The minimum atomic E-state index is -0.385. The molecule has 0 saturated carbocycles. The van der Waals surface area contributed by atoms with Crippen molar-refractivity contribution < 1.29 is 14.0 Å². The van der Waals surface area contributed by atoms with Gasteiger partial charge < -0.3 is 14.6 Å². The standard InChI is InChI=1S/C23H20Cl2N2O3/c1-14-4-6-15(7-5-14)22(28)26-20(23(29)27(2)3)13-17-9-11-21(30-17)18-10-8-16(24)12-19(18)25/h4-13H,1-3H3,(H,26,28)/b20-13-. The first-order valence-electron chi connectivity index (χ1n) is 9.11. The number of hydrogen-bond acceptors (Lipinski definition) is 3. The number of carbonyl (C=O) groups is 2. The summed E-state index contributed by atoms with van der Waals surface area (Å²) in [6.45, 7) is 1.93. The van der Waals surface area contributed by atoms with Gasteiger partial charge in [-0.15, -0.1) is 0 Å². The molecule has 0 fully saturated rings. The van der Waals surface area contributed by atoms with Crippen molar-refractivity contribution in [3.8, 4) is 11.3 Å². The summed E-state index contributed by atoms with van der Waals surface area (Å²) in [6, 6.07) is 15.6. The van der Waals surface area contributed by atoms with Gasteiger partial charge in [0.1, 0.15) is 17.2 Å². The molecule has 0 aliphatic rings. The highest BCUT2D eigenvalue weighted by Crippen LogP contribution is 2.32. The normalized spacial score (nSPS) is 11.3. The topological polar surface area (TPSA) is 62.6 Å². The molecule has 154 valence electrons. The van der Waals surface area contributed by atoms with Gasteiger partial charge in [-0.25, -0.2) is 0 Å². The van der Waals surface area contributed by atoms with Crippen molar-refractivity contribution >= 4 is 41.1 Å². The summed E-state index contributed by atoms with van der Waals surface area (Å²) in [4.78, 5) is 26.6. The van der Waals surface area contributed by atoms with E-state index < -0.39 is 0 Å². The summed E-state index contributed by atoms with van der Waals surface area (Å²) < 4.78 is 5.83. The van der Waals surface area contributed by atoms with Crippen LogP contribution in [0.2, 0.25) is 10.0 Å². The van der Waals surface area contributed by atoms with Crippen molar-refractivity contribution in [2.75, 3.05) is 14.1 Å². The third-order valence-corrected chi connectivity index (χ3v) is 4.86. The van der Waals surface area contributed by atoms with E-state index in [1.165, 1.54) is 11.0 Å². The van der Waals surface area contributed by atoms with E-state index in [4.69, 9.17) is 27.6 Å². The van der Waals surface area contributed by atoms with Crippen LogP contribution in [0.5, 0.6) is 0 Å². The van der Waals surface area contributed by atoms with E-state index in [9.17, 15) is 9.59 Å². The fraction of sp³-hybridized carbons (Fsp3) is 0.130. The molecular formula is C23H20Cl2N2O3. The Morgan fingerprint density at radius 1 is 1.00 bits per heavy atom. The predicted molar refractivity (Wildman–Crippen MR) is 119 cm³/mol. The van der Waals surface area contributed by atoms with Gasteiger partial charge in [-0.3, -0.25) is 9.59 Å². The minimum Gasteiger partial charge on any atom is -0.457 e. The molecule has 30 heavy (non-hydrogen) atoms. The molecule has 0 aliphatic carbocycles. The van der Waals surface area contributed by atoms with E-state index >= 15 is 0 Å². The molecule has 5 nitrogen and oxygen atoms in total. The van der Waals surface area contributed by atoms with Crippen molar-refractivity contribution in [2.24, 2.45) is 0 Å². The highest BCUT2D eigenvalue weighted by Gasteiger charge is 2.17. The first kappa shape index (κ1) is 21.7. The maximum Gasteiger partial charge on any atom is 0.269 e.